The van der Waals surface area contributed by atoms with Crippen LogP contribution in [-0.2, 0) is 0 Å². The Kier molecular flexibility index (Phi) is 2.80. The molecule has 0 spiro atoms. The van der Waals surface area contributed by atoms with E-state index in [0.29, 0.717) is 12.0 Å². The zero-order valence-corrected chi connectivity index (χ0v) is 10.2. The Morgan fingerprint density at radius 3 is 2.72 bits per heavy atom. The van der Waals surface area contributed by atoms with Crippen LogP contribution < -0.4 is 10.2 Å². The lowest BCUT2D eigenvalue weighted by Gasteiger charge is -2.16. The Balaban J connectivity index is 1.82. The summed E-state index contributed by atoms with van der Waals surface area (Å²) in [5.74, 6) is 1.40. The number of anilines is 3. The second-order valence-corrected chi connectivity index (χ2v) is 4.45. The van der Waals surface area contributed by atoms with Crippen molar-refractivity contribution >= 4 is 17.5 Å². The highest BCUT2D eigenvalue weighted by molar-refractivity contribution is 5.56. The minimum absolute atomic E-state index is 0.566. The fourth-order valence-corrected chi connectivity index (χ4v) is 1.71. The van der Waals surface area contributed by atoms with Gasteiger partial charge in [0.15, 0.2) is 5.82 Å². The first-order valence-electron chi connectivity index (χ1n) is 6.08. The van der Waals surface area contributed by atoms with Crippen LogP contribution in [0, 0.1) is 0 Å². The number of para-hydroxylation sites is 1. The molecular weight excluding hydrogens is 226 g/mol. The van der Waals surface area contributed by atoms with E-state index in [4.69, 9.17) is 0 Å². The Morgan fingerprint density at radius 2 is 2.00 bits per heavy atom. The molecule has 18 heavy (non-hydrogen) atoms. The summed E-state index contributed by atoms with van der Waals surface area (Å²) >= 11 is 0. The lowest BCUT2D eigenvalue weighted by atomic mass is 10.3. The molecule has 1 aliphatic carbocycles. The molecule has 1 fully saturated rings. The van der Waals surface area contributed by atoms with Crippen LogP contribution in [0.15, 0.2) is 36.5 Å². The molecule has 0 aliphatic heterocycles. The van der Waals surface area contributed by atoms with Gasteiger partial charge in [0.2, 0.25) is 0 Å². The molecule has 1 saturated carbocycles. The van der Waals surface area contributed by atoms with Crippen molar-refractivity contribution in [2.75, 3.05) is 17.3 Å². The van der Waals surface area contributed by atoms with Crippen molar-refractivity contribution < 1.29 is 0 Å². The molecule has 92 valence electrons. The van der Waals surface area contributed by atoms with Crippen molar-refractivity contribution in [1.82, 2.24) is 15.2 Å². The third-order valence-corrected chi connectivity index (χ3v) is 2.92. The van der Waals surface area contributed by atoms with Crippen molar-refractivity contribution in [3.05, 3.63) is 36.5 Å². The highest BCUT2D eigenvalue weighted by atomic mass is 15.3. The maximum Gasteiger partial charge on any atom is 0.251 e. The van der Waals surface area contributed by atoms with E-state index in [1.807, 2.05) is 42.3 Å². The lowest BCUT2D eigenvalue weighted by molar-refractivity contribution is 0.921. The molecule has 1 aromatic heterocycles. The van der Waals surface area contributed by atoms with Gasteiger partial charge >= 0.3 is 0 Å². The van der Waals surface area contributed by atoms with Crippen LogP contribution in [0.2, 0.25) is 0 Å². The highest BCUT2D eigenvalue weighted by Crippen LogP contribution is 2.24. The Hall–Kier alpha value is -2.17. The third kappa shape index (κ3) is 2.40. The predicted octanol–water partition coefficient (Wildman–Crippen LogP) is 2.21. The van der Waals surface area contributed by atoms with Crippen LogP contribution in [0.1, 0.15) is 12.8 Å². The summed E-state index contributed by atoms with van der Waals surface area (Å²) in [6.45, 7) is 0. The number of aromatic nitrogens is 3. The van der Waals surface area contributed by atoms with Crippen molar-refractivity contribution in [3.8, 4) is 0 Å². The first kappa shape index (κ1) is 11.0. The summed E-state index contributed by atoms with van der Waals surface area (Å²) < 4.78 is 0. The maximum absolute atomic E-state index is 4.47. The number of nitrogens with zero attached hydrogens (tertiary/aromatic N) is 4. The predicted molar refractivity (Wildman–Crippen MR) is 71.0 cm³/mol. The van der Waals surface area contributed by atoms with Gasteiger partial charge in [-0.05, 0) is 25.0 Å². The van der Waals surface area contributed by atoms with E-state index in [0.717, 1.165) is 11.5 Å². The van der Waals surface area contributed by atoms with Gasteiger partial charge in [0.25, 0.3) is 5.95 Å². The van der Waals surface area contributed by atoms with E-state index in [1.54, 1.807) is 6.20 Å². The van der Waals surface area contributed by atoms with Gasteiger partial charge in [0, 0.05) is 18.8 Å². The molecule has 0 atom stereocenters. The lowest BCUT2D eigenvalue weighted by Crippen LogP contribution is -2.15. The van der Waals surface area contributed by atoms with E-state index < -0.39 is 0 Å². The van der Waals surface area contributed by atoms with E-state index in [1.165, 1.54) is 12.8 Å². The van der Waals surface area contributed by atoms with Crippen LogP contribution in [0.4, 0.5) is 17.5 Å². The average molecular weight is 241 g/mol. The van der Waals surface area contributed by atoms with Crippen LogP contribution in [0.3, 0.4) is 0 Å². The first-order chi connectivity index (χ1) is 8.83. The minimum atomic E-state index is 0.566. The number of hydrogen-bond donors (Lipinski definition) is 1. The zero-order valence-electron chi connectivity index (χ0n) is 10.2. The summed E-state index contributed by atoms with van der Waals surface area (Å²) in [5.41, 5.74) is 1.04. The van der Waals surface area contributed by atoms with Gasteiger partial charge in [-0.3, -0.25) is 0 Å². The van der Waals surface area contributed by atoms with Gasteiger partial charge in [-0.25, -0.2) is 0 Å². The van der Waals surface area contributed by atoms with E-state index >= 15 is 0 Å². The zero-order chi connectivity index (χ0) is 12.4. The van der Waals surface area contributed by atoms with Crippen molar-refractivity contribution in [1.29, 1.82) is 0 Å². The summed E-state index contributed by atoms with van der Waals surface area (Å²) in [4.78, 5) is 6.39. The summed E-state index contributed by atoms with van der Waals surface area (Å²) in [6, 6.07) is 10.6. The smallest absolute Gasteiger partial charge is 0.251 e. The molecule has 1 aromatic carbocycles. The van der Waals surface area contributed by atoms with E-state index in [-0.39, 0.29) is 0 Å². The molecule has 0 radical (unpaired) electrons. The Morgan fingerprint density at radius 1 is 1.22 bits per heavy atom. The summed E-state index contributed by atoms with van der Waals surface area (Å²) in [7, 11) is 1.94. The van der Waals surface area contributed by atoms with E-state index in [9.17, 15) is 0 Å². The number of benzene rings is 1. The van der Waals surface area contributed by atoms with Gasteiger partial charge in [-0.1, -0.05) is 18.2 Å². The van der Waals surface area contributed by atoms with Crippen molar-refractivity contribution in [2.45, 2.75) is 18.9 Å². The molecule has 2 aromatic rings. The minimum Gasteiger partial charge on any atom is -0.366 e. The molecule has 0 bridgehead atoms. The molecule has 3 rings (SSSR count). The molecule has 5 nitrogen and oxygen atoms in total. The molecule has 1 N–H and O–H groups in total. The fourth-order valence-electron chi connectivity index (χ4n) is 1.71. The monoisotopic (exact) mass is 241 g/mol. The van der Waals surface area contributed by atoms with E-state index in [2.05, 4.69) is 20.5 Å². The summed E-state index contributed by atoms with van der Waals surface area (Å²) in [5, 5.41) is 11.4. The molecule has 0 unspecified atom stereocenters. The van der Waals surface area contributed by atoms with Gasteiger partial charge < -0.3 is 10.2 Å². The average Bonchev–Trinajstić information content (AvgIpc) is 3.23. The molecular formula is C13H15N5. The number of hydrogen-bond acceptors (Lipinski definition) is 5. The van der Waals surface area contributed by atoms with Gasteiger partial charge in [-0.2, -0.15) is 10.1 Å². The molecule has 1 aliphatic rings. The van der Waals surface area contributed by atoms with Crippen LogP contribution in [-0.4, -0.2) is 28.3 Å². The van der Waals surface area contributed by atoms with Crippen molar-refractivity contribution in [3.63, 3.8) is 0 Å². The SMILES string of the molecule is CN(c1ccccc1)c1nncc(NC2CC2)n1. The molecule has 0 saturated heterocycles. The van der Waals surface area contributed by atoms with Crippen LogP contribution in [0.25, 0.3) is 0 Å². The Bertz CT molecular complexity index is 524. The molecule has 1 heterocycles. The van der Waals surface area contributed by atoms with Gasteiger partial charge in [-0.15, -0.1) is 5.10 Å². The largest absolute Gasteiger partial charge is 0.366 e. The van der Waals surface area contributed by atoms with Gasteiger partial charge in [0.05, 0.1) is 6.20 Å². The van der Waals surface area contributed by atoms with Gasteiger partial charge in [0.1, 0.15) is 0 Å². The number of nitrogens with one attached hydrogen (secondary N) is 1. The third-order valence-electron chi connectivity index (χ3n) is 2.92. The summed E-state index contributed by atoms with van der Waals surface area (Å²) in [6.07, 6.45) is 4.10. The molecule has 0 amide bonds. The maximum atomic E-state index is 4.47. The fraction of sp³-hybridized carbons (Fsp3) is 0.308. The quantitative estimate of drug-likeness (QED) is 0.889. The second-order valence-electron chi connectivity index (χ2n) is 4.45. The van der Waals surface area contributed by atoms with Crippen LogP contribution in [0.5, 0.6) is 0 Å². The van der Waals surface area contributed by atoms with Crippen LogP contribution >= 0.6 is 0 Å². The topological polar surface area (TPSA) is 53.9 Å². The standard InChI is InChI=1S/C13H15N5/c1-18(11-5-3-2-4-6-11)13-16-12(9-14-17-13)15-10-7-8-10/h2-6,9-10H,7-8H2,1H3,(H,15,16,17). The molecule has 5 heteroatoms. The number of rotatable bonds is 4. The normalized spacial score (nSPS) is 14.3. The first-order valence-corrected chi connectivity index (χ1v) is 6.08. The van der Waals surface area contributed by atoms with Crippen molar-refractivity contribution in [2.24, 2.45) is 0 Å². The highest BCUT2D eigenvalue weighted by Gasteiger charge is 2.21. The second kappa shape index (κ2) is 4.60. The Labute approximate surface area is 106 Å².